The van der Waals surface area contributed by atoms with Crippen LogP contribution in [-0.4, -0.2) is 19.7 Å². The molecule has 0 aromatic heterocycles. The molecule has 1 aliphatic heterocycles. The summed E-state index contributed by atoms with van der Waals surface area (Å²) < 4.78 is 10.1. The van der Waals surface area contributed by atoms with Crippen LogP contribution < -0.4 is 10.5 Å². The maximum atomic E-state index is 11.3. The highest BCUT2D eigenvalue weighted by Crippen LogP contribution is 2.32. The van der Waals surface area contributed by atoms with Crippen LogP contribution in [0.5, 0.6) is 5.75 Å². The molecule has 1 aliphatic rings. The van der Waals surface area contributed by atoms with E-state index in [0.717, 1.165) is 5.56 Å². The van der Waals surface area contributed by atoms with Gasteiger partial charge in [-0.1, -0.05) is 12.1 Å². The fourth-order valence-electron chi connectivity index (χ4n) is 1.77. The number of halogens is 1. The van der Waals surface area contributed by atoms with Crippen LogP contribution in [0.15, 0.2) is 18.2 Å². The van der Waals surface area contributed by atoms with Gasteiger partial charge in [0, 0.05) is 0 Å². The summed E-state index contributed by atoms with van der Waals surface area (Å²) in [5.41, 5.74) is 7.34. The first kappa shape index (κ1) is 12.6. The summed E-state index contributed by atoms with van der Waals surface area (Å²) in [4.78, 5) is 11.3. The van der Waals surface area contributed by atoms with Gasteiger partial charge < -0.3 is 15.2 Å². The normalized spacial score (nSPS) is 17.7. The van der Waals surface area contributed by atoms with Crippen LogP contribution in [0.3, 0.4) is 0 Å². The third kappa shape index (κ3) is 2.22. The third-order valence-electron chi connectivity index (χ3n) is 2.56. The Morgan fingerprint density at radius 2 is 2.31 bits per heavy atom. The molecular weight excluding hydrogens is 230 g/mol. The second-order valence-corrected chi connectivity index (χ2v) is 3.57. The zero-order valence-corrected chi connectivity index (χ0v) is 9.75. The van der Waals surface area contributed by atoms with Gasteiger partial charge in [0.1, 0.15) is 12.4 Å². The standard InChI is InChI=1S/C11H13NO3.ClH/c1-14-11(13)8-5-7-3-2-4-9(12)10(7)15-6-8;/h2-4,8H,5-6,12H2,1H3;1H. The Balaban J connectivity index is 0.00000128. The molecule has 16 heavy (non-hydrogen) atoms. The Morgan fingerprint density at radius 1 is 1.56 bits per heavy atom. The van der Waals surface area contributed by atoms with Crippen LogP contribution in [-0.2, 0) is 16.0 Å². The molecule has 0 amide bonds. The number of methoxy groups -OCH3 is 1. The lowest BCUT2D eigenvalue weighted by Crippen LogP contribution is -2.29. The van der Waals surface area contributed by atoms with Crippen molar-refractivity contribution in [1.29, 1.82) is 0 Å². The number of ether oxygens (including phenoxy) is 2. The molecule has 0 saturated heterocycles. The number of fused-ring (bicyclic) bond motifs is 1. The Kier molecular flexibility index (Phi) is 4.01. The van der Waals surface area contributed by atoms with Gasteiger partial charge in [-0.25, -0.2) is 0 Å². The summed E-state index contributed by atoms with van der Waals surface area (Å²) in [7, 11) is 1.39. The van der Waals surface area contributed by atoms with Crippen LogP contribution in [0.2, 0.25) is 0 Å². The van der Waals surface area contributed by atoms with Crippen molar-refractivity contribution in [1.82, 2.24) is 0 Å². The van der Waals surface area contributed by atoms with E-state index in [1.165, 1.54) is 7.11 Å². The summed E-state index contributed by atoms with van der Waals surface area (Å²) in [6, 6.07) is 5.56. The molecule has 0 fully saturated rings. The Labute approximate surface area is 100 Å². The maximum Gasteiger partial charge on any atom is 0.312 e. The van der Waals surface area contributed by atoms with Crippen LogP contribution in [0.25, 0.3) is 0 Å². The number of nitrogens with two attached hydrogens (primary N) is 1. The quantitative estimate of drug-likeness (QED) is 0.599. The number of para-hydroxylation sites is 1. The number of hydrogen-bond acceptors (Lipinski definition) is 4. The van der Waals surface area contributed by atoms with Gasteiger partial charge in [0.15, 0.2) is 0 Å². The number of carbonyl (C=O) groups excluding carboxylic acids is 1. The van der Waals surface area contributed by atoms with E-state index in [-0.39, 0.29) is 24.3 Å². The van der Waals surface area contributed by atoms with Crippen molar-refractivity contribution in [2.75, 3.05) is 19.5 Å². The van der Waals surface area contributed by atoms with Crippen LogP contribution in [0.1, 0.15) is 5.56 Å². The molecule has 5 heteroatoms. The molecule has 0 saturated carbocycles. The highest BCUT2D eigenvalue weighted by molar-refractivity contribution is 5.85. The van der Waals surface area contributed by atoms with E-state index < -0.39 is 0 Å². The molecule has 4 nitrogen and oxygen atoms in total. The topological polar surface area (TPSA) is 61.5 Å². The first-order chi connectivity index (χ1) is 7.22. The molecule has 0 aliphatic carbocycles. The molecule has 1 heterocycles. The van der Waals surface area contributed by atoms with E-state index >= 15 is 0 Å². The number of benzene rings is 1. The smallest absolute Gasteiger partial charge is 0.312 e. The van der Waals surface area contributed by atoms with Crippen molar-refractivity contribution in [3.05, 3.63) is 23.8 Å². The van der Waals surface area contributed by atoms with E-state index in [9.17, 15) is 4.79 Å². The first-order valence-corrected chi connectivity index (χ1v) is 4.80. The highest BCUT2D eigenvalue weighted by Gasteiger charge is 2.27. The SMILES string of the molecule is COC(=O)C1COc2c(N)cccc2C1.Cl. The van der Waals surface area contributed by atoms with Gasteiger partial charge in [-0.3, -0.25) is 4.79 Å². The van der Waals surface area contributed by atoms with E-state index in [2.05, 4.69) is 4.74 Å². The fourth-order valence-corrected chi connectivity index (χ4v) is 1.77. The van der Waals surface area contributed by atoms with Gasteiger partial charge in [0.05, 0.1) is 18.7 Å². The van der Waals surface area contributed by atoms with Crippen molar-refractivity contribution >= 4 is 24.1 Å². The predicted octanol–water partition coefficient (Wildman–Crippen LogP) is 1.41. The van der Waals surface area contributed by atoms with E-state index in [0.29, 0.717) is 24.5 Å². The number of carbonyl (C=O) groups is 1. The molecular formula is C11H14ClNO3. The number of rotatable bonds is 1. The van der Waals surface area contributed by atoms with E-state index in [1.54, 1.807) is 6.07 Å². The van der Waals surface area contributed by atoms with Crippen LogP contribution in [0.4, 0.5) is 5.69 Å². The van der Waals surface area contributed by atoms with Crippen LogP contribution in [0, 0.1) is 5.92 Å². The number of nitrogen functional groups attached to an aromatic ring is 1. The largest absolute Gasteiger partial charge is 0.490 e. The number of hydrogen-bond donors (Lipinski definition) is 1. The molecule has 1 aromatic carbocycles. The van der Waals surface area contributed by atoms with E-state index in [4.69, 9.17) is 10.5 Å². The second-order valence-electron chi connectivity index (χ2n) is 3.57. The second kappa shape index (κ2) is 5.07. The van der Waals surface area contributed by atoms with Gasteiger partial charge in [0.25, 0.3) is 0 Å². The molecule has 2 N–H and O–H groups in total. The molecule has 1 atom stereocenters. The van der Waals surface area contributed by atoms with Gasteiger partial charge >= 0.3 is 5.97 Å². The maximum absolute atomic E-state index is 11.3. The molecule has 0 spiro atoms. The summed E-state index contributed by atoms with van der Waals surface area (Å²) >= 11 is 0. The molecule has 1 unspecified atom stereocenters. The predicted molar refractivity (Wildman–Crippen MR) is 62.8 cm³/mol. The average molecular weight is 244 g/mol. The number of anilines is 1. The lowest BCUT2D eigenvalue weighted by atomic mass is 9.96. The lowest BCUT2D eigenvalue weighted by molar-refractivity contribution is -0.146. The highest BCUT2D eigenvalue weighted by atomic mass is 35.5. The lowest BCUT2D eigenvalue weighted by Gasteiger charge is -2.24. The van der Waals surface area contributed by atoms with Crippen molar-refractivity contribution in [2.24, 2.45) is 5.92 Å². The van der Waals surface area contributed by atoms with Crippen molar-refractivity contribution in [2.45, 2.75) is 6.42 Å². The molecule has 1 aromatic rings. The van der Waals surface area contributed by atoms with Gasteiger partial charge in [-0.15, -0.1) is 12.4 Å². The monoisotopic (exact) mass is 243 g/mol. The van der Waals surface area contributed by atoms with Crippen molar-refractivity contribution < 1.29 is 14.3 Å². The van der Waals surface area contributed by atoms with Gasteiger partial charge in [-0.2, -0.15) is 0 Å². The zero-order chi connectivity index (χ0) is 10.8. The molecule has 2 rings (SSSR count). The minimum absolute atomic E-state index is 0. The Hall–Kier alpha value is -1.42. The summed E-state index contributed by atoms with van der Waals surface area (Å²) in [5, 5.41) is 0. The van der Waals surface area contributed by atoms with Crippen LogP contribution >= 0.6 is 12.4 Å². The van der Waals surface area contributed by atoms with Gasteiger partial charge in [0.2, 0.25) is 0 Å². The summed E-state index contributed by atoms with van der Waals surface area (Å²) in [5.74, 6) is 0.255. The zero-order valence-electron chi connectivity index (χ0n) is 8.93. The van der Waals surface area contributed by atoms with Crippen molar-refractivity contribution in [3.8, 4) is 5.75 Å². The first-order valence-electron chi connectivity index (χ1n) is 4.80. The third-order valence-corrected chi connectivity index (χ3v) is 2.56. The Morgan fingerprint density at radius 3 is 3.00 bits per heavy atom. The molecule has 0 bridgehead atoms. The summed E-state index contributed by atoms with van der Waals surface area (Å²) in [6.07, 6.45) is 0.632. The Bertz CT molecular complexity index is 395. The summed E-state index contributed by atoms with van der Waals surface area (Å²) in [6.45, 7) is 0.341. The minimum Gasteiger partial charge on any atom is -0.490 e. The number of esters is 1. The van der Waals surface area contributed by atoms with Crippen molar-refractivity contribution in [3.63, 3.8) is 0 Å². The molecule has 88 valence electrons. The van der Waals surface area contributed by atoms with Gasteiger partial charge in [-0.05, 0) is 18.1 Å². The average Bonchev–Trinajstić information content (AvgIpc) is 2.28. The minimum atomic E-state index is -0.233. The van der Waals surface area contributed by atoms with E-state index in [1.807, 2.05) is 12.1 Å². The molecule has 0 radical (unpaired) electrons. The fraction of sp³-hybridized carbons (Fsp3) is 0.364.